The molecular weight excluding hydrogens is 544 g/mol. The number of nitrogens with one attached hydrogen (secondary N) is 1. The van der Waals surface area contributed by atoms with Crippen molar-refractivity contribution in [2.75, 3.05) is 13.7 Å². The second kappa shape index (κ2) is 11.8. The zero-order chi connectivity index (χ0) is 29.8. The first-order valence-corrected chi connectivity index (χ1v) is 12.1. The number of carbonyl (C=O) groups is 3. The molecule has 1 amide bonds. The molecule has 0 aliphatic heterocycles. The van der Waals surface area contributed by atoms with Crippen molar-refractivity contribution in [1.29, 1.82) is 0 Å². The number of methoxy groups -OCH3 is 1. The van der Waals surface area contributed by atoms with Gasteiger partial charge in [-0.3, -0.25) is 14.4 Å². The Balaban J connectivity index is 1.59. The number of halogens is 2. The Morgan fingerprint density at radius 2 is 1.73 bits per heavy atom. The van der Waals surface area contributed by atoms with Crippen molar-refractivity contribution in [3.8, 4) is 5.75 Å². The van der Waals surface area contributed by atoms with Crippen molar-refractivity contribution in [3.63, 3.8) is 0 Å². The van der Waals surface area contributed by atoms with E-state index in [0.717, 1.165) is 25.4 Å². The zero-order valence-electron chi connectivity index (χ0n) is 21.7. The van der Waals surface area contributed by atoms with Gasteiger partial charge in [-0.05, 0) is 25.1 Å². The molecule has 11 nitrogen and oxygen atoms in total. The molecule has 4 aromatic rings. The number of hydrogen-bond acceptors (Lipinski definition) is 7. The molecule has 0 unspecified atom stereocenters. The summed E-state index contributed by atoms with van der Waals surface area (Å²) in [7, 11) is 1.15. The van der Waals surface area contributed by atoms with E-state index in [-0.39, 0.29) is 35.4 Å². The summed E-state index contributed by atoms with van der Waals surface area (Å²) >= 11 is 0. The number of carboxylic acids is 1. The number of hydrogen-bond donors (Lipinski definition) is 2. The van der Waals surface area contributed by atoms with Crippen LogP contribution < -0.4 is 21.0 Å². The van der Waals surface area contributed by atoms with E-state index < -0.39 is 57.8 Å². The first-order valence-electron chi connectivity index (χ1n) is 12.1. The molecule has 2 aromatic carbocycles. The van der Waals surface area contributed by atoms with E-state index >= 15 is 0 Å². The van der Waals surface area contributed by atoms with Gasteiger partial charge in [0.15, 0.2) is 11.3 Å². The molecule has 0 saturated heterocycles. The minimum atomic E-state index is -1.30. The Morgan fingerprint density at radius 1 is 1.02 bits per heavy atom. The van der Waals surface area contributed by atoms with Crippen LogP contribution in [0.2, 0.25) is 0 Å². The fourth-order valence-corrected chi connectivity index (χ4v) is 4.10. The Labute approximate surface area is 230 Å². The summed E-state index contributed by atoms with van der Waals surface area (Å²) in [5, 5.41) is 11.7. The van der Waals surface area contributed by atoms with Gasteiger partial charge < -0.3 is 28.9 Å². The molecule has 41 heavy (non-hydrogen) atoms. The number of fused-ring (bicyclic) bond motifs is 1. The summed E-state index contributed by atoms with van der Waals surface area (Å²) in [6.07, 6.45) is 3.85. The average Bonchev–Trinajstić information content (AvgIpc) is 2.95. The number of aromatic carboxylic acids is 1. The Hall–Kier alpha value is -5.33. The van der Waals surface area contributed by atoms with Crippen LogP contribution in [0.3, 0.4) is 0 Å². The number of nitrogens with zero attached hydrogens (tertiary/aromatic N) is 2. The van der Waals surface area contributed by atoms with Gasteiger partial charge in [0, 0.05) is 36.8 Å². The van der Waals surface area contributed by atoms with E-state index in [9.17, 15) is 37.9 Å². The summed E-state index contributed by atoms with van der Waals surface area (Å²) in [5.74, 6) is -5.15. The monoisotopic (exact) mass is 567 g/mol. The normalized spacial score (nSPS) is 11.6. The molecule has 0 fully saturated rings. The predicted octanol–water partition coefficient (Wildman–Crippen LogP) is 2.79. The Morgan fingerprint density at radius 3 is 2.39 bits per heavy atom. The Kier molecular flexibility index (Phi) is 8.26. The number of aromatic nitrogens is 2. The highest BCUT2D eigenvalue weighted by molar-refractivity contribution is 6.02. The van der Waals surface area contributed by atoms with Crippen LogP contribution in [0.1, 0.15) is 49.6 Å². The smallest absolute Gasteiger partial charge is 0.339 e. The standard InChI is InChI=1S/C28H23F2N3O8/c1-15(14-41-28(39)19-6-4-3-5-18(19)27(37)38)33-10-9-32-13-20(23(34)24(40-2)22(32)26(33)36)25(35)31-12-16-7-8-17(29)11-21(16)30/h3-11,13,15H,12,14H2,1-2H3,(H,31,35)(H,37,38)/t15-/m0/s1. The molecule has 0 spiro atoms. The van der Waals surface area contributed by atoms with Gasteiger partial charge in [-0.2, -0.15) is 0 Å². The predicted molar refractivity (Wildman–Crippen MR) is 140 cm³/mol. The van der Waals surface area contributed by atoms with Crippen molar-refractivity contribution in [2.45, 2.75) is 19.5 Å². The maximum absolute atomic E-state index is 13.9. The molecule has 2 heterocycles. The van der Waals surface area contributed by atoms with Gasteiger partial charge in [-0.1, -0.05) is 18.2 Å². The van der Waals surface area contributed by atoms with Crippen LogP contribution in [0.4, 0.5) is 8.78 Å². The van der Waals surface area contributed by atoms with Crippen molar-refractivity contribution in [3.05, 3.63) is 116 Å². The second-order valence-electron chi connectivity index (χ2n) is 8.89. The maximum atomic E-state index is 13.9. The molecule has 13 heteroatoms. The largest absolute Gasteiger partial charge is 0.491 e. The van der Waals surface area contributed by atoms with Gasteiger partial charge in [-0.15, -0.1) is 0 Å². The number of benzene rings is 2. The highest BCUT2D eigenvalue weighted by atomic mass is 19.1. The van der Waals surface area contributed by atoms with E-state index in [0.29, 0.717) is 6.07 Å². The molecule has 0 aliphatic rings. The minimum absolute atomic E-state index is 0.00312. The second-order valence-corrected chi connectivity index (χ2v) is 8.89. The van der Waals surface area contributed by atoms with Crippen LogP contribution in [0.25, 0.3) is 5.52 Å². The third-order valence-corrected chi connectivity index (χ3v) is 6.23. The zero-order valence-corrected chi connectivity index (χ0v) is 21.7. The van der Waals surface area contributed by atoms with E-state index in [4.69, 9.17) is 9.47 Å². The molecule has 2 N–H and O–H groups in total. The van der Waals surface area contributed by atoms with Crippen LogP contribution in [-0.2, 0) is 11.3 Å². The molecule has 0 bridgehead atoms. The van der Waals surface area contributed by atoms with Gasteiger partial charge in [0.25, 0.3) is 11.5 Å². The molecule has 212 valence electrons. The van der Waals surface area contributed by atoms with Crippen molar-refractivity contribution < 1.29 is 37.7 Å². The van der Waals surface area contributed by atoms with E-state index in [2.05, 4.69) is 5.32 Å². The quantitative estimate of drug-likeness (QED) is 0.294. The lowest BCUT2D eigenvalue weighted by Gasteiger charge is -2.18. The Bertz CT molecular complexity index is 1800. The summed E-state index contributed by atoms with van der Waals surface area (Å²) < 4.78 is 39.9. The van der Waals surface area contributed by atoms with Crippen molar-refractivity contribution in [2.24, 2.45) is 0 Å². The third-order valence-electron chi connectivity index (χ3n) is 6.23. The average molecular weight is 568 g/mol. The fraction of sp³-hybridized carbons (Fsp3) is 0.179. The van der Waals surface area contributed by atoms with Crippen LogP contribution in [-0.4, -0.2) is 45.6 Å². The first kappa shape index (κ1) is 28.7. The summed E-state index contributed by atoms with van der Waals surface area (Å²) in [6.45, 7) is 0.926. The minimum Gasteiger partial charge on any atom is -0.491 e. The highest BCUT2D eigenvalue weighted by Gasteiger charge is 2.23. The first-order chi connectivity index (χ1) is 19.5. The number of pyridine rings is 1. The topological polar surface area (TPSA) is 145 Å². The molecule has 0 aliphatic carbocycles. The molecule has 0 saturated carbocycles. The van der Waals surface area contributed by atoms with Crippen LogP contribution >= 0.6 is 0 Å². The SMILES string of the molecule is COc1c(=O)c(C(=O)NCc2ccc(F)cc2F)cn2ccn([C@@H](C)COC(=O)c3ccccc3C(=O)O)c(=O)c12. The number of ether oxygens (including phenoxy) is 2. The lowest BCUT2D eigenvalue weighted by atomic mass is 10.1. The number of amides is 1. The lowest BCUT2D eigenvalue weighted by Crippen LogP contribution is -2.33. The number of carbonyl (C=O) groups excluding carboxylic acids is 2. The number of carboxylic acid groups (broad SMARTS) is 1. The van der Waals surface area contributed by atoms with Crippen molar-refractivity contribution in [1.82, 2.24) is 14.3 Å². The molecular formula is C28H23F2N3O8. The van der Waals surface area contributed by atoms with Crippen molar-refractivity contribution >= 4 is 23.4 Å². The van der Waals surface area contributed by atoms with Gasteiger partial charge in [0.2, 0.25) is 5.43 Å². The van der Waals surface area contributed by atoms with Gasteiger partial charge >= 0.3 is 11.9 Å². The lowest BCUT2D eigenvalue weighted by molar-refractivity contribution is 0.0445. The number of esters is 1. The highest BCUT2D eigenvalue weighted by Crippen LogP contribution is 2.16. The molecule has 4 rings (SSSR count). The van der Waals surface area contributed by atoms with Gasteiger partial charge in [0.05, 0.1) is 24.3 Å². The van der Waals surface area contributed by atoms with Crippen LogP contribution in [0.5, 0.6) is 5.75 Å². The van der Waals surface area contributed by atoms with E-state index in [1.54, 1.807) is 6.92 Å². The summed E-state index contributed by atoms with van der Waals surface area (Å²) in [6, 6.07) is 7.62. The molecule has 1 atom stereocenters. The van der Waals surface area contributed by atoms with Gasteiger partial charge in [-0.25, -0.2) is 18.4 Å². The van der Waals surface area contributed by atoms with Gasteiger partial charge in [0.1, 0.15) is 23.8 Å². The maximum Gasteiger partial charge on any atom is 0.339 e. The third kappa shape index (κ3) is 5.83. The van der Waals surface area contributed by atoms with E-state index in [1.165, 1.54) is 45.6 Å². The molecule has 0 radical (unpaired) electrons. The summed E-state index contributed by atoms with van der Waals surface area (Å²) in [5.41, 5.74) is -2.58. The summed E-state index contributed by atoms with van der Waals surface area (Å²) in [4.78, 5) is 63.1. The fourth-order valence-electron chi connectivity index (χ4n) is 4.10. The van der Waals surface area contributed by atoms with Crippen LogP contribution in [0.15, 0.2) is 70.6 Å². The van der Waals surface area contributed by atoms with E-state index in [1.807, 2.05) is 0 Å². The number of rotatable bonds is 9. The van der Waals surface area contributed by atoms with Crippen LogP contribution in [0, 0.1) is 11.6 Å². The molecule has 2 aromatic heterocycles.